The van der Waals surface area contributed by atoms with E-state index in [4.69, 9.17) is 21.1 Å². The quantitative estimate of drug-likeness (QED) is 0.611. The van der Waals surface area contributed by atoms with Crippen LogP contribution in [0.5, 0.6) is 5.75 Å². The summed E-state index contributed by atoms with van der Waals surface area (Å²) >= 11 is 5.96. The number of nitrogens with zero attached hydrogens (tertiary/aromatic N) is 2. The molecule has 0 aliphatic carbocycles. The second-order valence-electron chi connectivity index (χ2n) is 6.18. The Hall–Kier alpha value is -2.57. The van der Waals surface area contributed by atoms with Crippen molar-refractivity contribution in [3.05, 3.63) is 58.6 Å². The van der Waals surface area contributed by atoms with Gasteiger partial charge in [0.15, 0.2) is 6.61 Å². The molecule has 0 atom stereocenters. The van der Waals surface area contributed by atoms with E-state index in [9.17, 15) is 4.79 Å². The first-order chi connectivity index (χ1) is 13.1. The molecule has 1 amide bonds. The smallest absolute Gasteiger partial charge is 0.277 e. The predicted molar refractivity (Wildman–Crippen MR) is 107 cm³/mol. The minimum absolute atomic E-state index is 0.117. The van der Waals surface area contributed by atoms with Crippen molar-refractivity contribution in [3.8, 4) is 5.75 Å². The third kappa shape index (κ3) is 5.70. The first-order valence-electron chi connectivity index (χ1n) is 8.75. The molecule has 0 radical (unpaired) electrons. The lowest BCUT2D eigenvalue weighted by Crippen LogP contribution is -2.36. The molecule has 27 heavy (non-hydrogen) atoms. The first kappa shape index (κ1) is 19.2. The Balaban J connectivity index is 1.45. The van der Waals surface area contributed by atoms with Gasteiger partial charge in [0.05, 0.1) is 19.4 Å². The van der Waals surface area contributed by atoms with Crippen LogP contribution in [0.25, 0.3) is 0 Å². The van der Waals surface area contributed by atoms with E-state index in [2.05, 4.69) is 15.4 Å². The molecular formula is C20H22ClN3O3. The predicted octanol–water partition coefficient (Wildman–Crippen LogP) is 3.01. The highest BCUT2D eigenvalue weighted by molar-refractivity contribution is 6.31. The Morgan fingerprint density at radius 2 is 2.00 bits per heavy atom. The van der Waals surface area contributed by atoms with E-state index in [1.165, 1.54) is 0 Å². The molecule has 6 nitrogen and oxygen atoms in total. The van der Waals surface area contributed by atoms with Crippen LogP contribution in [0.3, 0.4) is 0 Å². The van der Waals surface area contributed by atoms with E-state index >= 15 is 0 Å². The molecule has 142 valence electrons. The van der Waals surface area contributed by atoms with Gasteiger partial charge in [-0.05, 0) is 48.4 Å². The largest absolute Gasteiger partial charge is 0.484 e. The van der Waals surface area contributed by atoms with Gasteiger partial charge >= 0.3 is 0 Å². The van der Waals surface area contributed by atoms with Crippen molar-refractivity contribution in [1.29, 1.82) is 0 Å². The van der Waals surface area contributed by atoms with Gasteiger partial charge in [-0.25, -0.2) is 5.43 Å². The van der Waals surface area contributed by atoms with Crippen LogP contribution in [-0.4, -0.2) is 45.0 Å². The van der Waals surface area contributed by atoms with Crippen molar-refractivity contribution in [1.82, 2.24) is 5.43 Å². The molecule has 7 heteroatoms. The van der Waals surface area contributed by atoms with E-state index in [0.717, 1.165) is 43.1 Å². The maximum atomic E-state index is 11.8. The number of nitrogens with one attached hydrogen (secondary N) is 1. The van der Waals surface area contributed by atoms with Gasteiger partial charge in [-0.2, -0.15) is 5.10 Å². The zero-order valence-electron chi connectivity index (χ0n) is 15.2. The number of hydrogen-bond acceptors (Lipinski definition) is 5. The van der Waals surface area contributed by atoms with Gasteiger partial charge in [-0.15, -0.1) is 0 Å². The molecule has 1 saturated heterocycles. The number of hydrazone groups is 1. The summed E-state index contributed by atoms with van der Waals surface area (Å²) in [6.07, 6.45) is 1.60. The van der Waals surface area contributed by atoms with Crippen LogP contribution in [0, 0.1) is 6.92 Å². The Kier molecular flexibility index (Phi) is 6.68. The van der Waals surface area contributed by atoms with Crippen LogP contribution in [0.15, 0.2) is 47.6 Å². The fraction of sp³-hybridized carbons (Fsp3) is 0.300. The first-order valence-corrected chi connectivity index (χ1v) is 9.13. The fourth-order valence-electron chi connectivity index (χ4n) is 2.66. The summed E-state index contributed by atoms with van der Waals surface area (Å²) in [7, 11) is 0. The summed E-state index contributed by atoms with van der Waals surface area (Å²) in [5, 5.41) is 4.63. The Labute approximate surface area is 163 Å². The number of aryl methyl sites for hydroxylation is 1. The molecule has 0 spiro atoms. The summed E-state index contributed by atoms with van der Waals surface area (Å²) < 4.78 is 10.8. The van der Waals surface area contributed by atoms with Crippen molar-refractivity contribution >= 4 is 29.4 Å². The monoisotopic (exact) mass is 387 g/mol. The van der Waals surface area contributed by atoms with Gasteiger partial charge in [0.1, 0.15) is 5.75 Å². The van der Waals surface area contributed by atoms with Gasteiger partial charge in [-0.3, -0.25) is 4.79 Å². The number of ether oxygens (including phenoxy) is 2. The maximum Gasteiger partial charge on any atom is 0.277 e. The minimum Gasteiger partial charge on any atom is -0.484 e. The van der Waals surface area contributed by atoms with Crippen LogP contribution in [0.1, 0.15) is 11.1 Å². The van der Waals surface area contributed by atoms with Crippen molar-refractivity contribution in [2.45, 2.75) is 6.92 Å². The molecule has 1 aliphatic rings. The molecule has 2 aromatic rings. The molecule has 0 saturated carbocycles. The second kappa shape index (κ2) is 9.39. The normalized spacial score (nSPS) is 14.4. The fourth-order valence-corrected chi connectivity index (χ4v) is 2.78. The second-order valence-corrected chi connectivity index (χ2v) is 6.59. The molecule has 0 aromatic heterocycles. The number of amides is 1. The summed E-state index contributed by atoms with van der Waals surface area (Å²) in [4.78, 5) is 14.1. The van der Waals surface area contributed by atoms with E-state index in [-0.39, 0.29) is 12.5 Å². The SMILES string of the molecule is Cc1cc(OCC(=O)N/N=C\c2ccc(N3CCOCC3)cc2)ccc1Cl. The summed E-state index contributed by atoms with van der Waals surface area (Å²) in [6, 6.07) is 13.3. The Bertz CT molecular complexity index is 803. The highest BCUT2D eigenvalue weighted by atomic mass is 35.5. The lowest BCUT2D eigenvalue weighted by molar-refractivity contribution is -0.123. The van der Waals surface area contributed by atoms with Crippen molar-refractivity contribution in [2.75, 3.05) is 37.8 Å². The standard InChI is InChI=1S/C20H22ClN3O3/c1-15-12-18(6-7-19(15)21)27-14-20(25)23-22-13-16-2-4-17(5-3-16)24-8-10-26-11-9-24/h2-7,12-13H,8-11,14H2,1H3,(H,23,25)/b22-13-. The van der Waals surface area contributed by atoms with Crippen LogP contribution in [0.4, 0.5) is 5.69 Å². The van der Waals surface area contributed by atoms with E-state index in [1.54, 1.807) is 24.4 Å². The number of anilines is 1. The Morgan fingerprint density at radius 1 is 1.26 bits per heavy atom. The van der Waals surface area contributed by atoms with Crippen LogP contribution < -0.4 is 15.1 Å². The highest BCUT2D eigenvalue weighted by Crippen LogP contribution is 2.21. The number of benzene rings is 2. The van der Waals surface area contributed by atoms with Crippen molar-refractivity contribution < 1.29 is 14.3 Å². The summed E-state index contributed by atoms with van der Waals surface area (Å²) in [6.45, 7) is 5.07. The lowest BCUT2D eigenvalue weighted by atomic mass is 10.2. The van der Waals surface area contributed by atoms with Crippen LogP contribution in [-0.2, 0) is 9.53 Å². The molecule has 2 aromatic carbocycles. The molecule has 3 rings (SSSR count). The third-order valence-corrected chi connectivity index (χ3v) is 4.60. The topological polar surface area (TPSA) is 63.2 Å². The molecule has 1 heterocycles. The molecular weight excluding hydrogens is 366 g/mol. The van der Waals surface area contributed by atoms with E-state index in [1.807, 2.05) is 31.2 Å². The van der Waals surface area contributed by atoms with Gasteiger partial charge in [0.2, 0.25) is 0 Å². The minimum atomic E-state index is -0.330. The summed E-state index contributed by atoms with van der Waals surface area (Å²) in [5.74, 6) is 0.263. The number of carbonyl (C=O) groups excluding carboxylic acids is 1. The molecule has 0 unspecified atom stereocenters. The number of morpholine rings is 1. The van der Waals surface area contributed by atoms with Gasteiger partial charge in [0.25, 0.3) is 5.91 Å². The number of halogens is 1. The zero-order valence-corrected chi connectivity index (χ0v) is 15.9. The lowest BCUT2D eigenvalue weighted by Gasteiger charge is -2.28. The van der Waals surface area contributed by atoms with Gasteiger partial charge in [0, 0.05) is 23.8 Å². The molecule has 1 fully saturated rings. The van der Waals surface area contributed by atoms with Crippen molar-refractivity contribution in [3.63, 3.8) is 0 Å². The number of hydrogen-bond donors (Lipinski definition) is 1. The van der Waals surface area contributed by atoms with Crippen molar-refractivity contribution in [2.24, 2.45) is 5.10 Å². The number of carbonyl (C=O) groups is 1. The van der Waals surface area contributed by atoms with Crippen LogP contribution >= 0.6 is 11.6 Å². The van der Waals surface area contributed by atoms with Gasteiger partial charge < -0.3 is 14.4 Å². The number of rotatable bonds is 6. The maximum absolute atomic E-state index is 11.8. The van der Waals surface area contributed by atoms with Crippen LogP contribution in [0.2, 0.25) is 5.02 Å². The molecule has 1 aliphatic heterocycles. The summed E-state index contributed by atoms with van der Waals surface area (Å²) in [5.41, 5.74) is 5.42. The Morgan fingerprint density at radius 3 is 2.70 bits per heavy atom. The van der Waals surface area contributed by atoms with E-state index < -0.39 is 0 Å². The average molecular weight is 388 g/mol. The average Bonchev–Trinajstić information content (AvgIpc) is 2.70. The third-order valence-electron chi connectivity index (χ3n) is 4.17. The van der Waals surface area contributed by atoms with Gasteiger partial charge in [-0.1, -0.05) is 23.7 Å². The zero-order chi connectivity index (χ0) is 19.1. The molecule has 1 N–H and O–H groups in total. The van der Waals surface area contributed by atoms with E-state index in [0.29, 0.717) is 10.8 Å². The highest BCUT2D eigenvalue weighted by Gasteiger charge is 2.10. The molecule has 0 bridgehead atoms.